The first kappa shape index (κ1) is 36.9. The topological polar surface area (TPSA) is 284 Å². The van der Waals surface area contributed by atoms with Crippen molar-refractivity contribution >= 4 is 86.9 Å². The fraction of sp³-hybridized carbons (Fsp3) is 0.161. The average molecular weight is 801 g/mol. The van der Waals surface area contributed by atoms with E-state index < -0.39 is 64.6 Å². The van der Waals surface area contributed by atoms with E-state index in [9.17, 15) is 49.5 Å². The number of hydrogen-bond donors (Lipinski definition) is 7. The van der Waals surface area contributed by atoms with Crippen LogP contribution < -0.4 is 11.1 Å². The zero-order chi connectivity index (χ0) is 38.0. The normalized spacial score (nSPS) is 17.4. The van der Waals surface area contributed by atoms with E-state index in [2.05, 4.69) is 20.4 Å². The molecule has 2 amide bonds. The number of thiazole rings is 2. The van der Waals surface area contributed by atoms with Crippen LogP contribution in [-0.2, 0) is 24.0 Å². The lowest BCUT2D eigenvalue weighted by Crippen LogP contribution is -2.70. The predicted octanol–water partition coefficient (Wildman–Crippen LogP) is 3.60. The van der Waals surface area contributed by atoms with Crippen molar-refractivity contribution in [3.8, 4) is 21.9 Å². The summed E-state index contributed by atoms with van der Waals surface area (Å²) in [4.78, 5) is 77.4. The first-order valence-corrected chi connectivity index (χ1v) is 18.6. The van der Waals surface area contributed by atoms with Crippen LogP contribution in [0.2, 0.25) is 0 Å². The zero-order valence-corrected chi connectivity index (χ0v) is 29.7. The third kappa shape index (κ3) is 7.84. The van der Waals surface area contributed by atoms with Crippen LogP contribution in [0.5, 0.6) is 11.5 Å². The summed E-state index contributed by atoms with van der Waals surface area (Å²) < 4.78 is 5.31. The number of fused-ring (bicyclic) bond motifs is 1. The van der Waals surface area contributed by atoms with Gasteiger partial charge in [-0.25, -0.2) is 24.4 Å². The van der Waals surface area contributed by atoms with Crippen LogP contribution >= 0.6 is 46.2 Å². The SMILES string of the molecule is Nc1nc(C(=NOC(C(=O)O)c2ccccc2)C(=O)N[C@@H]2C(=O)N3C(OC(=O)O)=C(CSc4nc(C(=O)O)c(-c5ccc(O)c(O)c5)s4)CS[C@@H]23)cs1. The minimum absolute atomic E-state index is 0.0293. The lowest BCUT2D eigenvalue weighted by Gasteiger charge is -2.49. The number of rotatable bonds is 13. The number of oxime groups is 1. The van der Waals surface area contributed by atoms with E-state index >= 15 is 0 Å². The number of anilines is 1. The van der Waals surface area contributed by atoms with Gasteiger partial charge in [-0.1, -0.05) is 47.2 Å². The first-order chi connectivity index (χ1) is 25.3. The van der Waals surface area contributed by atoms with Gasteiger partial charge in [-0.2, -0.15) is 0 Å². The van der Waals surface area contributed by atoms with Gasteiger partial charge < -0.3 is 46.2 Å². The van der Waals surface area contributed by atoms with E-state index in [0.717, 1.165) is 39.3 Å². The fourth-order valence-electron chi connectivity index (χ4n) is 5.02. The number of aromatic carboxylic acids is 1. The van der Waals surface area contributed by atoms with Gasteiger partial charge in [-0.05, 0) is 23.8 Å². The number of hydrogen-bond acceptors (Lipinski definition) is 17. The van der Waals surface area contributed by atoms with Gasteiger partial charge in [0.2, 0.25) is 12.0 Å². The number of benzene rings is 2. The van der Waals surface area contributed by atoms with Gasteiger partial charge in [0.1, 0.15) is 17.1 Å². The summed E-state index contributed by atoms with van der Waals surface area (Å²) in [6, 6.07) is 10.5. The summed E-state index contributed by atoms with van der Waals surface area (Å²) in [6.45, 7) is 0. The Kier molecular flexibility index (Phi) is 10.7. The van der Waals surface area contributed by atoms with Crippen LogP contribution in [0.25, 0.3) is 10.4 Å². The van der Waals surface area contributed by atoms with Crippen LogP contribution in [0, 0.1) is 0 Å². The van der Waals surface area contributed by atoms with Gasteiger partial charge in [0.15, 0.2) is 32.4 Å². The maximum atomic E-state index is 13.6. The molecule has 4 aromatic rings. The van der Waals surface area contributed by atoms with Crippen LogP contribution in [0.15, 0.2) is 74.9 Å². The van der Waals surface area contributed by atoms with E-state index in [0.29, 0.717) is 11.1 Å². The fourth-order valence-corrected chi connectivity index (χ4v) is 9.15. The zero-order valence-electron chi connectivity index (χ0n) is 26.4. The van der Waals surface area contributed by atoms with Crippen LogP contribution in [0.4, 0.5) is 9.93 Å². The molecule has 1 unspecified atom stereocenters. The molecular formula is C31H24N6O12S4. The number of ether oxygens (including phenoxy) is 1. The summed E-state index contributed by atoms with van der Waals surface area (Å²) in [7, 11) is 0. The monoisotopic (exact) mass is 800 g/mol. The van der Waals surface area contributed by atoms with Crippen LogP contribution in [-0.4, -0.2) is 98.9 Å². The number of nitrogens with two attached hydrogens (primary N) is 1. The van der Waals surface area contributed by atoms with Crippen molar-refractivity contribution in [1.29, 1.82) is 0 Å². The Morgan fingerprint density at radius 1 is 1.08 bits per heavy atom. The Labute approximate surface area is 313 Å². The molecular weight excluding hydrogens is 777 g/mol. The highest BCUT2D eigenvalue weighted by Crippen LogP contribution is 2.44. The third-order valence-electron chi connectivity index (χ3n) is 7.44. The molecule has 2 aromatic heterocycles. The Balaban J connectivity index is 1.20. The Morgan fingerprint density at radius 3 is 2.47 bits per heavy atom. The van der Waals surface area contributed by atoms with Crippen molar-refractivity contribution in [2.75, 3.05) is 17.2 Å². The number of aromatic nitrogens is 2. The van der Waals surface area contributed by atoms with Crippen molar-refractivity contribution in [3.05, 3.63) is 82.3 Å². The van der Waals surface area contributed by atoms with E-state index in [4.69, 9.17) is 15.3 Å². The van der Waals surface area contributed by atoms with Gasteiger partial charge in [0.05, 0.1) is 4.88 Å². The average Bonchev–Trinajstić information content (AvgIpc) is 3.76. The smallest absolute Gasteiger partial charge is 0.504 e. The van der Waals surface area contributed by atoms with Crippen LogP contribution in [0.3, 0.4) is 0 Å². The predicted molar refractivity (Wildman–Crippen MR) is 191 cm³/mol. The van der Waals surface area contributed by atoms with Crippen molar-refractivity contribution < 1.29 is 59.1 Å². The number of carbonyl (C=O) groups excluding carboxylic acids is 2. The standard InChI is InChI=1S/C31H24N6O12S4/c32-29-33-15(11-51-29)18(36-49-21(28(44)45)12-4-2-1-3-5-12)23(40)34-20-24(41)37-25(48-31(46)47)14(9-50-26(20)37)10-52-30-35-19(27(42)43)22(53-30)13-6-7-16(38)17(39)8-13/h1-8,11,20-21,26,38-39H,9-10H2,(H2,32,33)(H,34,40)(H,42,43)(H,44,45)(H,46,47)/t20-,21?,26+/m1/s1. The summed E-state index contributed by atoms with van der Waals surface area (Å²) in [6.07, 6.45) is -3.29. The Morgan fingerprint density at radius 2 is 1.83 bits per heavy atom. The second kappa shape index (κ2) is 15.4. The molecule has 0 saturated carbocycles. The van der Waals surface area contributed by atoms with Gasteiger partial charge in [-0.3, -0.25) is 14.5 Å². The molecule has 6 rings (SSSR count). The minimum atomic E-state index is -1.70. The number of nitrogens with one attached hydrogen (secondary N) is 1. The molecule has 3 atom stereocenters. The molecule has 18 nitrogen and oxygen atoms in total. The second-order valence-electron chi connectivity index (χ2n) is 10.8. The minimum Gasteiger partial charge on any atom is -0.504 e. The highest BCUT2D eigenvalue weighted by molar-refractivity contribution is 8.02. The number of nitrogens with zero attached hydrogens (tertiary/aromatic N) is 4. The number of thioether (sulfide) groups is 2. The number of β-lactam (4-membered cyclic amide) rings is 1. The molecule has 22 heteroatoms. The van der Waals surface area contributed by atoms with Crippen LogP contribution in [0.1, 0.15) is 27.8 Å². The van der Waals surface area contributed by atoms with Crippen molar-refractivity contribution in [1.82, 2.24) is 20.2 Å². The maximum absolute atomic E-state index is 13.6. The molecule has 0 aliphatic carbocycles. The van der Waals surface area contributed by atoms with Gasteiger partial charge in [0, 0.05) is 28.0 Å². The van der Waals surface area contributed by atoms with Gasteiger partial charge >= 0.3 is 18.1 Å². The lowest BCUT2D eigenvalue weighted by molar-refractivity contribution is -0.151. The summed E-state index contributed by atoms with van der Waals surface area (Å²) in [5.74, 6) is -5.36. The number of carboxylic acid groups (broad SMARTS) is 3. The Bertz CT molecular complexity index is 2190. The third-order valence-corrected chi connectivity index (χ3v) is 11.8. The summed E-state index contributed by atoms with van der Waals surface area (Å²) in [5.41, 5.74) is 5.84. The largest absolute Gasteiger partial charge is 0.512 e. The maximum Gasteiger partial charge on any atom is 0.512 e. The van der Waals surface area contributed by atoms with E-state index in [-0.39, 0.29) is 48.7 Å². The highest BCUT2D eigenvalue weighted by Gasteiger charge is 2.54. The molecule has 0 spiro atoms. The molecule has 8 N–H and O–H groups in total. The van der Waals surface area contributed by atoms with Crippen molar-refractivity contribution in [3.63, 3.8) is 0 Å². The molecule has 2 aromatic carbocycles. The number of nitrogen functional groups attached to an aromatic ring is 1. The molecule has 2 aliphatic rings. The molecule has 1 saturated heterocycles. The molecule has 2 aliphatic heterocycles. The molecule has 0 bridgehead atoms. The van der Waals surface area contributed by atoms with E-state index in [1.165, 1.54) is 47.5 Å². The Hall–Kier alpha value is -5.84. The van der Waals surface area contributed by atoms with Crippen molar-refractivity contribution in [2.45, 2.75) is 21.9 Å². The highest BCUT2D eigenvalue weighted by atomic mass is 32.2. The molecule has 0 radical (unpaired) electrons. The number of phenolic OH excluding ortho intramolecular Hbond substituents is 2. The lowest BCUT2D eigenvalue weighted by atomic mass is 10.1. The molecule has 53 heavy (non-hydrogen) atoms. The number of aliphatic carboxylic acids is 1. The van der Waals surface area contributed by atoms with Gasteiger partial charge in [-0.15, -0.1) is 34.4 Å². The molecule has 274 valence electrons. The number of carboxylic acids is 2. The number of aromatic hydroxyl groups is 2. The first-order valence-electron chi connectivity index (χ1n) is 14.8. The van der Waals surface area contributed by atoms with E-state index in [1.807, 2.05) is 0 Å². The van der Waals surface area contributed by atoms with E-state index in [1.54, 1.807) is 18.2 Å². The quantitative estimate of drug-likeness (QED) is 0.0254. The van der Waals surface area contributed by atoms with Gasteiger partial charge in [0.25, 0.3) is 11.8 Å². The molecule has 1 fully saturated rings. The number of amides is 2. The number of phenols is 2. The molecule has 4 heterocycles. The summed E-state index contributed by atoms with van der Waals surface area (Å²) >= 11 is 4.21. The van der Waals surface area contributed by atoms with Crippen molar-refractivity contribution in [2.24, 2.45) is 5.16 Å². The summed E-state index contributed by atoms with van der Waals surface area (Å²) in [5, 5.41) is 55.6. The number of carbonyl (C=O) groups is 5. The second-order valence-corrected chi connectivity index (χ2v) is 15.1.